The predicted octanol–water partition coefficient (Wildman–Crippen LogP) is 0.814. The summed E-state index contributed by atoms with van der Waals surface area (Å²) in [5, 5.41) is 6.11. The number of hydrogen-bond acceptors (Lipinski definition) is 4. The number of rotatable bonds is 4. The van der Waals surface area contributed by atoms with E-state index in [1.807, 2.05) is 19.1 Å². The molecule has 0 fully saturated rings. The van der Waals surface area contributed by atoms with Gasteiger partial charge in [0.2, 0.25) is 0 Å². The highest BCUT2D eigenvalue weighted by atomic mass is 32.1. The highest BCUT2D eigenvalue weighted by molar-refractivity contribution is 7.07. The molecule has 0 saturated carbocycles. The van der Waals surface area contributed by atoms with Crippen LogP contribution in [0.1, 0.15) is 11.6 Å². The van der Waals surface area contributed by atoms with Gasteiger partial charge in [-0.2, -0.15) is 11.3 Å². The second-order valence-electron chi connectivity index (χ2n) is 2.87. The third-order valence-corrected chi connectivity index (χ3v) is 2.30. The second kappa shape index (κ2) is 4.57. The summed E-state index contributed by atoms with van der Waals surface area (Å²) in [6.45, 7) is 0.620. The molecule has 0 spiro atoms. The smallest absolute Gasteiger partial charge is 0.0594 e. The average Bonchev–Trinajstić information content (AvgIpc) is 2.51. The standard InChI is InChI=1S/C8H15N3S/c1-11(2)10-8(5-9)7-3-4-12-6-7/h3-4,6,8,10H,5,9H2,1-2H3. The molecular weight excluding hydrogens is 170 g/mol. The summed E-state index contributed by atoms with van der Waals surface area (Å²) in [5.74, 6) is 0. The van der Waals surface area contributed by atoms with E-state index in [-0.39, 0.29) is 6.04 Å². The van der Waals surface area contributed by atoms with Crippen molar-refractivity contribution in [2.75, 3.05) is 20.6 Å². The van der Waals surface area contributed by atoms with Gasteiger partial charge in [-0.15, -0.1) is 0 Å². The summed E-state index contributed by atoms with van der Waals surface area (Å²) in [7, 11) is 3.93. The lowest BCUT2D eigenvalue weighted by Gasteiger charge is -2.20. The number of nitrogens with zero attached hydrogens (tertiary/aromatic N) is 1. The molecule has 1 unspecified atom stereocenters. The van der Waals surface area contributed by atoms with Gasteiger partial charge in [-0.1, -0.05) is 0 Å². The minimum absolute atomic E-state index is 0.242. The first-order valence-electron chi connectivity index (χ1n) is 3.89. The van der Waals surface area contributed by atoms with Crippen molar-refractivity contribution in [1.82, 2.24) is 10.4 Å². The van der Waals surface area contributed by atoms with Gasteiger partial charge in [-0.3, -0.25) is 0 Å². The molecule has 1 aromatic rings. The van der Waals surface area contributed by atoms with Crippen molar-refractivity contribution >= 4 is 11.3 Å². The molecule has 68 valence electrons. The highest BCUT2D eigenvalue weighted by Gasteiger charge is 2.09. The predicted molar refractivity (Wildman–Crippen MR) is 52.9 cm³/mol. The van der Waals surface area contributed by atoms with E-state index >= 15 is 0 Å². The average molecular weight is 185 g/mol. The van der Waals surface area contributed by atoms with E-state index in [0.29, 0.717) is 6.54 Å². The Balaban J connectivity index is 2.57. The maximum Gasteiger partial charge on any atom is 0.0594 e. The van der Waals surface area contributed by atoms with E-state index in [4.69, 9.17) is 5.73 Å². The van der Waals surface area contributed by atoms with Gasteiger partial charge in [-0.05, 0) is 22.4 Å². The monoisotopic (exact) mass is 185 g/mol. The van der Waals surface area contributed by atoms with Crippen molar-refractivity contribution in [3.8, 4) is 0 Å². The summed E-state index contributed by atoms with van der Waals surface area (Å²) in [6, 6.07) is 2.34. The van der Waals surface area contributed by atoms with E-state index in [0.717, 1.165) is 0 Å². The minimum Gasteiger partial charge on any atom is -0.329 e. The number of nitrogens with one attached hydrogen (secondary N) is 1. The van der Waals surface area contributed by atoms with Crippen LogP contribution >= 0.6 is 11.3 Å². The van der Waals surface area contributed by atoms with Gasteiger partial charge in [0.1, 0.15) is 0 Å². The molecule has 3 nitrogen and oxygen atoms in total. The SMILES string of the molecule is CN(C)NC(CN)c1ccsc1. The van der Waals surface area contributed by atoms with Gasteiger partial charge in [0.05, 0.1) is 6.04 Å². The van der Waals surface area contributed by atoms with Crippen LogP contribution in [0, 0.1) is 0 Å². The molecule has 0 radical (unpaired) electrons. The van der Waals surface area contributed by atoms with Gasteiger partial charge in [0.15, 0.2) is 0 Å². The summed E-state index contributed by atoms with van der Waals surface area (Å²) in [5.41, 5.74) is 10.1. The molecule has 1 atom stereocenters. The minimum atomic E-state index is 0.242. The third kappa shape index (κ3) is 2.57. The molecule has 0 saturated heterocycles. The van der Waals surface area contributed by atoms with Crippen molar-refractivity contribution in [2.45, 2.75) is 6.04 Å². The summed E-state index contributed by atoms with van der Waals surface area (Å²) >= 11 is 1.70. The van der Waals surface area contributed by atoms with E-state index in [9.17, 15) is 0 Å². The van der Waals surface area contributed by atoms with Crippen molar-refractivity contribution in [3.63, 3.8) is 0 Å². The van der Waals surface area contributed by atoms with Gasteiger partial charge in [0.25, 0.3) is 0 Å². The fourth-order valence-corrected chi connectivity index (χ4v) is 1.76. The zero-order valence-electron chi connectivity index (χ0n) is 7.45. The van der Waals surface area contributed by atoms with Crippen molar-refractivity contribution < 1.29 is 0 Å². The lowest BCUT2D eigenvalue weighted by atomic mass is 10.2. The number of hydrogen-bond donors (Lipinski definition) is 2. The van der Waals surface area contributed by atoms with E-state index in [1.165, 1.54) is 5.56 Å². The molecule has 3 N–H and O–H groups in total. The van der Waals surface area contributed by atoms with Crippen molar-refractivity contribution in [3.05, 3.63) is 22.4 Å². The Labute approximate surface area is 77.2 Å². The van der Waals surface area contributed by atoms with Crippen LogP contribution < -0.4 is 11.2 Å². The maximum absolute atomic E-state index is 5.63. The fourth-order valence-electron chi connectivity index (χ4n) is 1.05. The van der Waals surface area contributed by atoms with Crippen LogP contribution in [0.5, 0.6) is 0 Å². The molecule has 1 rings (SSSR count). The molecule has 0 amide bonds. The molecule has 4 heteroatoms. The first-order chi connectivity index (χ1) is 5.74. The van der Waals surface area contributed by atoms with Gasteiger partial charge in [0, 0.05) is 20.6 Å². The van der Waals surface area contributed by atoms with Gasteiger partial charge < -0.3 is 5.73 Å². The first kappa shape index (κ1) is 9.67. The molecule has 12 heavy (non-hydrogen) atoms. The summed E-state index contributed by atoms with van der Waals surface area (Å²) in [6.07, 6.45) is 0. The lowest BCUT2D eigenvalue weighted by molar-refractivity contribution is 0.246. The first-order valence-corrected chi connectivity index (χ1v) is 4.84. The molecular formula is C8H15N3S. The van der Waals surface area contributed by atoms with E-state index in [1.54, 1.807) is 11.3 Å². The lowest BCUT2D eigenvalue weighted by Crippen LogP contribution is -2.37. The van der Waals surface area contributed by atoms with Crippen LogP contribution in [0.15, 0.2) is 16.8 Å². The van der Waals surface area contributed by atoms with E-state index < -0.39 is 0 Å². The fraction of sp³-hybridized carbons (Fsp3) is 0.500. The number of hydrazine groups is 1. The molecule has 0 aliphatic carbocycles. The summed E-state index contributed by atoms with van der Waals surface area (Å²) in [4.78, 5) is 0. The van der Waals surface area contributed by atoms with Crippen LogP contribution in [0.2, 0.25) is 0 Å². The number of nitrogens with two attached hydrogens (primary N) is 1. The zero-order valence-corrected chi connectivity index (χ0v) is 8.27. The Hall–Kier alpha value is -0.420. The Kier molecular flexibility index (Phi) is 3.68. The Morgan fingerprint density at radius 2 is 2.42 bits per heavy atom. The largest absolute Gasteiger partial charge is 0.329 e. The molecule has 1 aromatic heterocycles. The van der Waals surface area contributed by atoms with Crippen LogP contribution in [-0.4, -0.2) is 25.6 Å². The molecule has 0 aliphatic rings. The van der Waals surface area contributed by atoms with Crippen molar-refractivity contribution in [1.29, 1.82) is 0 Å². The van der Waals surface area contributed by atoms with Crippen LogP contribution in [-0.2, 0) is 0 Å². The quantitative estimate of drug-likeness (QED) is 0.682. The molecule has 0 aliphatic heterocycles. The normalized spacial score (nSPS) is 13.7. The van der Waals surface area contributed by atoms with Crippen molar-refractivity contribution in [2.24, 2.45) is 5.73 Å². The Morgan fingerprint density at radius 1 is 1.67 bits per heavy atom. The molecule has 1 heterocycles. The van der Waals surface area contributed by atoms with E-state index in [2.05, 4.69) is 22.3 Å². The maximum atomic E-state index is 5.63. The van der Waals surface area contributed by atoms with Crippen LogP contribution in [0.4, 0.5) is 0 Å². The van der Waals surface area contributed by atoms with Crippen LogP contribution in [0.3, 0.4) is 0 Å². The van der Waals surface area contributed by atoms with Gasteiger partial charge in [-0.25, -0.2) is 10.4 Å². The summed E-state index contributed by atoms with van der Waals surface area (Å²) < 4.78 is 0. The Bertz CT molecular complexity index is 208. The van der Waals surface area contributed by atoms with Crippen LogP contribution in [0.25, 0.3) is 0 Å². The zero-order chi connectivity index (χ0) is 8.97. The molecule has 0 bridgehead atoms. The Morgan fingerprint density at radius 3 is 2.83 bits per heavy atom. The van der Waals surface area contributed by atoms with Gasteiger partial charge >= 0.3 is 0 Å². The number of thiophene rings is 1. The highest BCUT2D eigenvalue weighted by Crippen LogP contribution is 2.14. The second-order valence-corrected chi connectivity index (χ2v) is 3.65. The third-order valence-electron chi connectivity index (χ3n) is 1.60. The molecule has 0 aromatic carbocycles. The topological polar surface area (TPSA) is 41.3 Å².